The van der Waals surface area contributed by atoms with Gasteiger partial charge in [-0.15, -0.1) is 24.0 Å². The molecule has 0 radical (unpaired) electrons. The van der Waals surface area contributed by atoms with Crippen LogP contribution in [0.5, 0.6) is 0 Å². The van der Waals surface area contributed by atoms with E-state index in [0.717, 1.165) is 12.4 Å². The molecular formula is C7H5Cl3F3N. The molecule has 0 aliphatic carbocycles. The minimum Gasteiger partial charge on any atom is -0.263 e. The Labute approximate surface area is 94.6 Å². The van der Waals surface area contributed by atoms with E-state index in [2.05, 4.69) is 4.98 Å². The first-order valence-corrected chi connectivity index (χ1v) is 4.13. The highest BCUT2D eigenvalue weighted by atomic mass is 35.5. The third-order valence-electron chi connectivity index (χ3n) is 1.41. The molecule has 0 amide bonds. The number of hydrogen-bond acceptors (Lipinski definition) is 1. The Morgan fingerprint density at radius 1 is 1.29 bits per heavy atom. The van der Waals surface area contributed by atoms with E-state index in [-0.39, 0.29) is 23.9 Å². The first-order chi connectivity index (χ1) is 5.96. The second kappa shape index (κ2) is 5.05. The lowest BCUT2D eigenvalue weighted by Gasteiger charge is -2.11. The fourth-order valence-corrected chi connectivity index (χ4v) is 1.38. The van der Waals surface area contributed by atoms with Gasteiger partial charge in [0.15, 0.2) is 0 Å². The molecule has 0 spiro atoms. The minimum absolute atomic E-state index is 0. The maximum absolute atomic E-state index is 12.3. The second-order valence-corrected chi connectivity index (χ2v) is 2.96. The summed E-state index contributed by atoms with van der Waals surface area (Å²) in [6.07, 6.45) is -2.48. The summed E-state index contributed by atoms with van der Waals surface area (Å²) in [5.41, 5.74) is -1.01. The Hall–Kier alpha value is -0.190. The molecule has 0 N–H and O–H groups in total. The number of halogens is 6. The summed E-state index contributed by atoms with van der Waals surface area (Å²) in [6, 6.07) is 0. The normalized spacial score (nSPS) is 10.9. The Kier molecular flexibility index (Phi) is 4.98. The van der Waals surface area contributed by atoms with E-state index >= 15 is 0 Å². The highest BCUT2D eigenvalue weighted by Crippen LogP contribution is 2.36. The number of nitrogens with zero attached hydrogens (tertiary/aromatic N) is 1. The zero-order valence-corrected chi connectivity index (χ0v) is 8.94. The Morgan fingerprint density at radius 3 is 2.21 bits per heavy atom. The smallest absolute Gasteiger partial charge is 0.263 e. The van der Waals surface area contributed by atoms with Gasteiger partial charge in [-0.3, -0.25) is 4.98 Å². The molecule has 80 valence electrons. The van der Waals surface area contributed by atoms with Crippen LogP contribution in [0.4, 0.5) is 13.2 Å². The van der Waals surface area contributed by atoms with Crippen molar-refractivity contribution < 1.29 is 13.2 Å². The zero-order chi connectivity index (χ0) is 10.1. The molecule has 1 aromatic heterocycles. The van der Waals surface area contributed by atoms with Crippen molar-refractivity contribution in [3.05, 3.63) is 28.5 Å². The number of hydrogen-bond donors (Lipinski definition) is 0. The molecular weight excluding hydrogens is 261 g/mol. The largest absolute Gasteiger partial charge is 0.418 e. The van der Waals surface area contributed by atoms with E-state index in [1.54, 1.807) is 0 Å². The van der Waals surface area contributed by atoms with Crippen molar-refractivity contribution in [2.24, 2.45) is 0 Å². The summed E-state index contributed by atoms with van der Waals surface area (Å²) in [4.78, 5) is 3.51. The maximum Gasteiger partial charge on any atom is 0.418 e. The molecule has 14 heavy (non-hydrogen) atoms. The van der Waals surface area contributed by atoms with Crippen molar-refractivity contribution in [1.82, 2.24) is 4.98 Å². The summed E-state index contributed by atoms with van der Waals surface area (Å²) in [7, 11) is 0. The molecule has 0 atom stereocenters. The number of rotatable bonds is 1. The van der Waals surface area contributed by atoms with Gasteiger partial charge in [0.1, 0.15) is 0 Å². The van der Waals surface area contributed by atoms with Crippen LogP contribution < -0.4 is 0 Å². The fourth-order valence-electron chi connectivity index (χ4n) is 0.894. The first-order valence-electron chi connectivity index (χ1n) is 3.22. The van der Waals surface area contributed by atoms with Gasteiger partial charge < -0.3 is 0 Å². The highest BCUT2D eigenvalue weighted by Gasteiger charge is 2.35. The topological polar surface area (TPSA) is 12.9 Å². The minimum atomic E-state index is -4.48. The van der Waals surface area contributed by atoms with Crippen molar-refractivity contribution >= 4 is 35.6 Å². The molecule has 0 unspecified atom stereocenters. The average Bonchev–Trinajstić information content (AvgIpc) is 2.01. The lowest BCUT2D eigenvalue weighted by molar-refractivity contribution is -0.138. The third kappa shape index (κ3) is 2.90. The molecule has 0 saturated heterocycles. The van der Waals surface area contributed by atoms with Crippen molar-refractivity contribution in [2.45, 2.75) is 12.1 Å². The van der Waals surface area contributed by atoms with Crippen LogP contribution >= 0.6 is 35.6 Å². The number of alkyl halides is 4. The van der Waals surface area contributed by atoms with E-state index in [1.807, 2.05) is 0 Å². The molecule has 1 nitrogen and oxygen atoms in total. The van der Waals surface area contributed by atoms with Gasteiger partial charge in [0.25, 0.3) is 0 Å². The van der Waals surface area contributed by atoms with Crippen molar-refractivity contribution in [1.29, 1.82) is 0 Å². The summed E-state index contributed by atoms with van der Waals surface area (Å²) in [5, 5.41) is -0.425. The van der Waals surface area contributed by atoms with Crippen LogP contribution in [0.1, 0.15) is 11.1 Å². The van der Waals surface area contributed by atoms with Crippen LogP contribution in [0, 0.1) is 0 Å². The lowest BCUT2D eigenvalue weighted by Crippen LogP contribution is -2.09. The molecule has 1 rings (SSSR count). The van der Waals surface area contributed by atoms with Gasteiger partial charge in [0.2, 0.25) is 0 Å². The summed E-state index contributed by atoms with van der Waals surface area (Å²) in [5.74, 6) is -0.262. The third-order valence-corrected chi connectivity index (χ3v) is 1.98. The van der Waals surface area contributed by atoms with Gasteiger partial charge in [-0.25, -0.2) is 0 Å². The van der Waals surface area contributed by atoms with Gasteiger partial charge in [0.05, 0.1) is 10.6 Å². The maximum atomic E-state index is 12.3. The van der Waals surface area contributed by atoms with Crippen LogP contribution in [0.15, 0.2) is 12.4 Å². The van der Waals surface area contributed by atoms with Gasteiger partial charge in [-0.1, -0.05) is 11.6 Å². The SMILES string of the molecule is Cl.FC(F)(F)c1c(Cl)cncc1CCl. The zero-order valence-electron chi connectivity index (χ0n) is 6.61. The summed E-state index contributed by atoms with van der Waals surface area (Å²) >= 11 is 10.7. The summed E-state index contributed by atoms with van der Waals surface area (Å²) in [6.45, 7) is 0. The highest BCUT2D eigenvalue weighted by molar-refractivity contribution is 6.31. The molecule has 0 fully saturated rings. The predicted octanol–water partition coefficient (Wildman–Crippen LogP) is 3.91. The quantitative estimate of drug-likeness (QED) is 0.702. The van der Waals surface area contributed by atoms with Crippen molar-refractivity contribution in [2.75, 3.05) is 0 Å². The van der Waals surface area contributed by atoms with Crippen LogP contribution in [-0.4, -0.2) is 4.98 Å². The first kappa shape index (κ1) is 13.8. The van der Waals surface area contributed by atoms with E-state index in [0.29, 0.717) is 0 Å². The van der Waals surface area contributed by atoms with Crippen molar-refractivity contribution in [3.63, 3.8) is 0 Å². The summed E-state index contributed by atoms with van der Waals surface area (Å²) < 4.78 is 37.0. The van der Waals surface area contributed by atoms with Crippen LogP contribution in [-0.2, 0) is 12.1 Å². The van der Waals surface area contributed by atoms with Gasteiger partial charge in [0, 0.05) is 18.3 Å². The molecule has 0 saturated carbocycles. The van der Waals surface area contributed by atoms with Gasteiger partial charge >= 0.3 is 6.18 Å². The molecule has 0 bridgehead atoms. The predicted molar refractivity (Wildman–Crippen MR) is 51.1 cm³/mol. The van der Waals surface area contributed by atoms with E-state index < -0.39 is 16.8 Å². The molecule has 0 aliphatic rings. The fraction of sp³-hybridized carbons (Fsp3) is 0.286. The molecule has 7 heteroatoms. The Balaban J connectivity index is 0.00000169. The average molecular weight is 266 g/mol. The standard InChI is InChI=1S/C7H4Cl2F3N.ClH/c8-1-4-2-13-3-5(9)6(4)7(10,11)12;/h2-3H,1H2;1H. The van der Waals surface area contributed by atoms with E-state index in [9.17, 15) is 13.2 Å². The Bertz CT molecular complexity index is 314. The Morgan fingerprint density at radius 2 is 1.86 bits per heavy atom. The molecule has 1 aromatic rings. The van der Waals surface area contributed by atoms with Gasteiger partial charge in [-0.2, -0.15) is 13.2 Å². The lowest BCUT2D eigenvalue weighted by atomic mass is 10.1. The second-order valence-electron chi connectivity index (χ2n) is 2.29. The number of aromatic nitrogens is 1. The van der Waals surface area contributed by atoms with E-state index in [1.165, 1.54) is 0 Å². The van der Waals surface area contributed by atoms with Crippen LogP contribution in [0.3, 0.4) is 0 Å². The molecule has 1 heterocycles. The van der Waals surface area contributed by atoms with E-state index in [4.69, 9.17) is 23.2 Å². The van der Waals surface area contributed by atoms with Crippen LogP contribution in [0.2, 0.25) is 5.02 Å². The molecule has 0 aliphatic heterocycles. The molecule has 0 aromatic carbocycles. The monoisotopic (exact) mass is 265 g/mol. The number of pyridine rings is 1. The van der Waals surface area contributed by atoms with Crippen LogP contribution in [0.25, 0.3) is 0 Å². The van der Waals surface area contributed by atoms with Crippen molar-refractivity contribution in [3.8, 4) is 0 Å². The van der Waals surface area contributed by atoms with Gasteiger partial charge in [-0.05, 0) is 5.56 Å².